The number of carbonyl (C=O) groups excluding carboxylic acids is 2. The topological polar surface area (TPSA) is 156 Å². The first kappa shape index (κ1) is 31.1. The normalized spacial score (nSPS) is 22.7. The maximum Gasteiger partial charge on any atom is 0.249 e. The van der Waals surface area contributed by atoms with E-state index in [0.29, 0.717) is 28.9 Å². The lowest BCUT2D eigenvalue weighted by atomic mass is 9.72. The minimum Gasteiger partial charge on any atom is -0.469 e. The van der Waals surface area contributed by atoms with Crippen molar-refractivity contribution < 1.29 is 28.3 Å². The Hall–Kier alpha value is -5.68. The van der Waals surface area contributed by atoms with Crippen LogP contribution in [0.5, 0.6) is 5.75 Å². The predicted octanol–water partition coefficient (Wildman–Crippen LogP) is 6.90. The minimum absolute atomic E-state index is 0.113. The summed E-state index contributed by atoms with van der Waals surface area (Å²) in [6, 6.07) is 17.8. The number of ketones is 1. The third-order valence-electron chi connectivity index (χ3n) is 11.3. The fraction of sp³-hybridized carbons (Fsp3) is 0.317. The lowest BCUT2D eigenvalue weighted by Crippen LogP contribution is -2.41. The SMILES string of the molecule is CC(C)C1NC(=O)[C@@H](CC(=O)[C@@H](O)C(C)C)Cc2ccc3c(c2)[C@]24c5cccc(c5NC2O3)-c2cccc3[nH]cc(c23)-c2cnc(o2)-c2nc1oc24. The van der Waals surface area contributed by atoms with Crippen molar-refractivity contribution in [1.29, 1.82) is 0 Å². The number of carbonyl (C=O) groups is 2. The van der Waals surface area contributed by atoms with Crippen molar-refractivity contribution in [3.63, 3.8) is 0 Å². The van der Waals surface area contributed by atoms with Gasteiger partial charge in [0.15, 0.2) is 29.2 Å². The van der Waals surface area contributed by atoms with Crippen molar-refractivity contribution in [1.82, 2.24) is 20.3 Å². The monoisotopic (exact) mass is 695 g/mol. The zero-order chi connectivity index (χ0) is 35.6. The van der Waals surface area contributed by atoms with Crippen LogP contribution in [0.4, 0.5) is 5.69 Å². The Labute approximate surface area is 298 Å². The van der Waals surface area contributed by atoms with Crippen molar-refractivity contribution in [2.75, 3.05) is 5.32 Å². The Bertz CT molecular complexity index is 2470. The average molecular weight is 696 g/mol. The number of aliphatic hydroxyl groups is 1. The van der Waals surface area contributed by atoms with Gasteiger partial charge in [0.2, 0.25) is 17.7 Å². The number of oxazole rings is 2. The van der Waals surface area contributed by atoms with E-state index in [9.17, 15) is 14.7 Å². The van der Waals surface area contributed by atoms with Crippen molar-refractivity contribution in [2.45, 2.75) is 64.3 Å². The van der Waals surface area contributed by atoms with Gasteiger partial charge in [0.05, 0.1) is 6.20 Å². The summed E-state index contributed by atoms with van der Waals surface area (Å²) in [6.45, 7) is 7.56. The van der Waals surface area contributed by atoms with Crippen LogP contribution in [0, 0.1) is 17.8 Å². The van der Waals surface area contributed by atoms with Crippen LogP contribution < -0.4 is 15.4 Å². The van der Waals surface area contributed by atoms with Crippen LogP contribution in [0.15, 0.2) is 75.8 Å². The summed E-state index contributed by atoms with van der Waals surface area (Å²) in [5, 5.41) is 18.6. The number of fused-ring (bicyclic) bond motifs is 7. The number of hydrogen-bond acceptors (Lipinski definition) is 9. The molecule has 0 saturated carbocycles. The van der Waals surface area contributed by atoms with Gasteiger partial charge in [0.1, 0.15) is 23.3 Å². The van der Waals surface area contributed by atoms with E-state index >= 15 is 0 Å². The van der Waals surface area contributed by atoms with Crippen molar-refractivity contribution in [3.05, 3.63) is 95.3 Å². The molecule has 6 aromatic rings. The largest absolute Gasteiger partial charge is 0.469 e. The van der Waals surface area contributed by atoms with Crippen LogP contribution in [-0.2, 0) is 21.4 Å². The van der Waals surface area contributed by atoms with E-state index in [0.717, 1.165) is 50.0 Å². The molecule has 10 rings (SSSR count). The Morgan fingerprint density at radius 3 is 2.65 bits per heavy atom. The van der Waals surface area contributed by atoms with E-state index in [1.807, 2.05) is 44.3 Å². The summed E-state index contributed by atoms with van der Waals surface area (Å²) in [6.07, 6.45) is 2.03. The zero-order valence-corrected chi connectivity index (χ0v) is 29.1. The van der Waals surface area contributed by atoms with Crippen LogP contribution in [-0.4, -0.2) is 44.1 Å². The molecule has 4 aliphatic heterocycles. The Kier molecular flexibility index (Phi) is 6.52. The van der Waals surface area contributed by atoms with Gasteiger partial charge in [-0.25, -0.2) is 9.97 Å². The van der Waals surface area contributed by atoms with Crippen LogP contribution in [0.3, 0.4) is 0 Å². The molecule has 11 nitrogen and oxygen atoms in total. The highest BCUT2D eigenvalue weighted by atomic mass is 16.5. The molecule has 1 amide bonds. The number of rotatable bonds is 5. The second-order valence-corrected chi connectivity index (χ2v) is 15.2. The number of aromatic nitrogens is 3. The highest BCUT2D eigenvalue weighted by Crippen LogP contribution is 2.61. The second-order valence-electron chi connectivity index (χ2n) is 15.2. The Balaban J connectivity index is 1.28. The number of hydrogen-bond donors (Lipinski definition) is 4. The van der Waals surface area contributed by atoms with Gasteiger partial charge in [0.25, 0.3) is 0 Å². The van der Waals surface area contributed by atoms with E-state index in [1.54, 1.807) is 20.0 Å². The summed E-state index contributed by atoms with van der Waals surface area (Å²) >= 11 is 0. The van der Waals surface area contributed by atoms with Crippen LogP contribution in [0.2, 0.25) is 0 Å². The van der Waals surface area contributed by atoms with Gasteiger partial charge in [-0.1, -0.05) is 70.2 Å². The molecule has 2 unspecified atom stereocenters. The first-order valence-electron chi connectivity index (χ1n) is 17.9. The number of amides is 1. The van der Waals surface area contributed by atoms with E-state index < -0.39 is 29.7 Å². The molecule has 52 heavy (non-hydrogen) atoms. The fourth-order valence-corrected chi connectivity index (χ4v) is 8.71. The minimum atomic E-state index is -1.17. The highest BCUT2D eigenvalue weighted by molar-refractivity contribution is 6.07. The molecule has 10 bridgehead atoms. The number of Topliss-reactive ketones (excluding diaryl/α,β-unsaturated/α-hetero) is 1. The number of para-hydroxylation sites is 1. The molecule has 3 aromatic carbocycles. The molecule has 262 valence electrons. The maximum atomic E-state index is 14.2. The van der Waals surface area contributed by atoms with Crippen molar-refractivity contribution in [3.8, 4) is 39.8 Å². The van der Waals surface area contributed by atoms with Gasteiger partial charge in [-0.2, -0.15) is 0 Å². The van der Waals surface area contributed by atoms with E-state index in [-0.39, 0.29) is 42.3 Å². The van der Waals surface area contributed by atoms with E-state index in [4.69, 9.17) is 23.5 Å². The molecule has 11 heteroatoms. The Morgan fingerprint density at radius 1 is 1.00 bits per heavy atom. The number of nitrogens with zero attached hydrogens (tertiary/aromatic N) is 2. The predicted molar refractivity (Wildman–Crippen MR) is 192 cm³/mol. The molecule has 5 atom stereocenters. The smallest absolute Gasteiger partial charge is 0.249 e. The Morgan fingerprint density at radius 2 is 1.83 bits per heavy atom. The molecule has 0 radical (unpaired) electrons. The third kappa shape index (κ3) is 4.16. The fourth-order valence-electron chi connectivity index (χ4n) is 8.71. The average Bonchev–Trinajstić information content (AvgIpc) is 3.95. The molecule has 0 aliphatic carbocycles. The number of aromatic amines is 1. The van der Waals surface area contributed by atoms with Gasteiger partial charge in [-0.15, -0.1) is 0 Å². The third-order valence-corrected chi connectivity index (χ3v) is 11.3. The number of benzene rings is 3. The van der Waals surface area contributed by atoms with Gasteiger partial charge in [0, 0.05) is 57.4 Å². The van der Waals surface area contributed by atoms with Crippen LogP contribution in [0.25, 0.3) is 44.9 Å². The van der Waals surface area contributed by atoms with Crippen molar-refractivity contribution >= 4 is 28.3 Å². The van der Waals surface area contributed by atoms with E-state index in [2.05, 4.69) is 45.9 Å². The molecule has 0 fully saturated rings. The van der Waals surface area contributed by atoms with Crippen LogP contribution >= 0.6 is 0 Å². The molecular formula is C41H37N5O6. The molecule has 4 aliphatic rings. The van der Waals surface area contributed by atoms with Gasteiger partial charge < -0.3 is 34.3 Å². The second kappa shape index (κ2) is 10.9. The van der Waals surface area contributed by atoms with Gasteiger partial charge in [-0.05, 0) is 41.5 Å². The summed E-state index contributed by atoms with van der Waals surface area (Å²) < 4.78 is 20.4. The van der Waals surface area contributed by atoms with Gasteiger partial charge >= 0.3 is 0 Å². The number of aliphatic hydroxyl groups excluding tert-OH is 1. The molecule has 4 N–H and O–H groups in total. The van der Waals surface area contributed by atoms with Crippen molar-refractivity contribution in [2.24, 2.45) is 17.8 Å². The zero-order valence-electron chi connectivity index (χ0n) is 29.1. The molecule has 3 aromatic heterocycles. The summed E-state index contributed by atoms with van der Waals surface area (Å²) in [7, 11) is 0. The van der Waals surface area contributed by atoms with E-state index in [1.165, 1.54) is 0 Å². The number of ether oxygens (including phenoxy) is 1. The van der Waals surface area contributed by atoms with Gasteiger partial charge in [-0.3, -0.25) is 9.59 Å². The quantitative estimate of drug-likeness (QED) is 0.151. The standard InChI is InChI=1S/C41H37N5O6/c1-18(2)32-39-45-34-36(52-39)41-25-9-5-8-23(22-7-6-10-27-31(22)24(16-42-27)30-17-43-38(34)50-30)33(25)46-40(41)51-29-12-11-20(14-26(29)41)13-21(37(49)44-32)15-28(47)35(48)19(3)4/h5-12,14,16-19,21,32,35,40,42,46,48H,13,15H2,1-4H3,(H,44,49)/t21-,32?,35+,40?,41+/m1/s1. The lowest BCUT2D eigenvalue weighted by Gasteiger charge is -2.28. The number of H-pyrrole nitrogens is 1. The first-order chi connectivity index (χ1) is 25.1. The highest BCUT2D eigenvalue weighted by Gasteiger charge is 2.61. The maximum absolute atomic E-state index is 14.2. The van der Waals surface area contributed by atoms with Crippen LogP contribution in [0.1, 0.15) is 68.5 Å². The molecule has 7 heterocycles. The summed E-state index contributed by atoms with van der Waals surface area (Å²) in [5.41, 5.74) is 6.80. The first-order valence-corrected chi connectivity index (χ1v) is 17.9. The molecular weight excluding hydrogens is 658 g/mol. The molecule has 1 spiro atoms. The summed E-state index contributed by atoms with van der Waals surface area (Å²) in [4.78, 5) is 40.9. The number of nitrogens with one attached hydrogen (secondary N) is 3. The molecule has 0 saturated heterocycles. The number of anilines is 1. The lowest BCUT2D eigenvalue weighted by molar-refractivity contribution is -0.135. The summed E-state index contributed by atoms with van der Waals surface area (Å²) in [5.74, 6) is 0.482.